The molecule has 0 saturated heterocycles. The summed E-state index contributed by atoms with van der Waals surface area (Å²) in [6.45, 7) is 2.79. The second-order valence-electron chi connectivity index (χ2n) is 4.81. The number of hydrogen-bond donors (Lipinski definition) is 2. The molecule has 0 aliphatic rings. The van der Waals surface area contributed by atoms with Crippen LogP contribution in [0.4, 0.5) is 0 Å². The fraction of sp³-hybridized carbons (Fsp3) is 0.286. The van der Waals surface area contributed by atoms with Crippen LogP contribution in [-0.4, -0.2) is 20.6 Å². The number of benzene rings is 1. The summed E-state index contributed by atoms with van der Waals surface area (Å²) in [6.07, 6.45) is 2.68. The third-order valence-electron chi connectivity index (χ3n) is 3.30. The Morgan fingerprint density at radius 3 is 3.00 bits per heavy atom. The molecule has 104 valence electrons. The van der Waals surface area contributed by atoms with Crippen molar-refractivity contribution in [3.63, 3.8) is 0 Å². The molecule has 2 aromatic heterocycles. The van der Waals surface area contributed by atoms with E-state index in [0.29, 0.717) is 0 Å². The highest BCUT2D eigenvalue weighted by Gasteiger charge is 2.12. The first-order valence-electron chi connectivity index (χ1n) is 6.53. The van der Waals surface area contributed by atoms with Crippen molar-refractivity contribution in [2.24, 2.45) is 5.84 Å². The minimum atomic E-state index is 0.133. The maximum atomic E-state index is 5.68. The molecule has 1 unspecified atom stereocenters. The lowest BCUT2D eigenvalue weighted by Gasteiger charge is -2.15. The highest BCUT2D eigenvalue weighted by atomic mass is 32.1. The molecule has 5 nitrogen and oxygen atoms in total. The number of hydrazine groups is 1. The first kappa shape index (κ1) is 13.2. The maximum Gasteiger partial charge on any atom is 0.0958 e. The minimum absolute atomic E-state index is 0.133. The Morgan fingerprint density at radius 1 is 1.40 bits per heavy atom. The number of aromatic nitrogens is 3. The standard InChI is InChI=1S/C14H17N5S/c1-10-17-12(8-20-10)6-11(18-15)7-19-9-16-13-4-2-3-5-14(13)19/h2-5,8-9,11,18H,6-7,15H2,1H3. The molecule has 0 aliphatic carbocycles. The monoisotopic (exact) mass is 287 g/mol. The number of fused-ring (bicyclic) bond motifs is 1. The topological polar surface area (TPSA) is 68.8 Å². The molecule has 3 aromatic rings. The van der Waals surface area contributed by atoms with Gasteiger partial charge in [-0.15, -0.1) is 11.3 Å². The number of nitrogens with zero attached hydrogens (tertiary/aromatic N) is 3. The van der Waals surface area contributed by atoms with E-state index in [-0.39, 0.29) is 6.04 Å². The Kier molecular flexibility index (Phi) is 3.77. The van der Waals surface area contributed by atoms with Crippen LogP contribution in [0.1, 0.15) is 10.7 Å². The zero-order valence-electron chi connectivity index (χ0n) is 11.3. The van der Waals surface area contributed by atoms with E-state index in [4.69, 9.17) is 5.84 Å². The number of thiazole rings is 1. The molecule has 0 spiro atoms. The zero-order chi connectivity index (χ0) is 13.9. The lowest BCUT2D eigenvalue weighted by atomic mass is 10.1. The molecule has 0 radical (unpaired) electrons. The first-order chi connectivity index (χ1) is 9.76. The van der Waals surface area contributed by atoms with Gasteiger partial charge in [-0.1, -0.05) is 12.1 Å². The van der Waals surface area contributed by atoms with Crippen LogP contribution in [0.15, 0.2) is 36.0 Å². The minimum Gasteiger partial charge on any atom is -0.329 e. The van der Waals surface area contributed by atoms with Gasteiger partial charge in [-0.2, -0.15) is 0 Å². The fourth-order valence-electron chi connectivity index (χ4n) is 2.32. The van der Waals surface area contributed by atoms with Gasteiger partial charge in [-0.25, -0.2) is 9.97 Å². The van der Waals surface area contributed by atoms with Crippen LogP contribution in [0.5, 0.6) is 0 Å². The summed E-state index contributed by atoms with van der Waals surface area (Å²) in [4.78, 5) is 8.89. The van der Waals surface area contributed by atoms with Gasteiger partial charge in [-0.05, 0) is 19.1 Å². The summed E-state index contributed by atoms with van der Waals surface area (Å²) in [5.41, 5.74) is 6.10. The SMILES string of the molecule is Cc1nc(CC(Cn2cnc3ccccc32)NN)cs1. The van der Waals surface area contributed by atoms with Crippen molar-refractivity contribution >= 4 is 22.4 Å². The summed E-state index contributed by atoms with van der Waals surface area (Å²) in [5, 5.41) is 3.18. The van der Waals surface area contributed by atoms with Gasteiger partial charge >= 0.3 is 0 Å². The molecule has 1 atom stereocenters. The average Bonchev–Trinajstić information content (AvgIpc) is 3.05. The molecule has 0 bridgehead atoms. The van der Waals surface area contributed by atoms with Crippen molar-refractivity contribution in [1.29, 1.82) is 0 Å². The van der Waals surface area contributed by atoms with Gasteiger partial charge < -0.3 is 4.57 Å². The second-order valence-corrected chi connectivity index (χ2v) is 5.87. The van der Waals surface area contributed by atoms with E-state index in [9.17, 15) is 0 Å². The molecule has 0 amide bonds. The Hall–Kier alpha value is -1.76. The molecule has 0 fully saturated rings. The number of imidazole rings is 1. The average molecular weight is 287 g/mol. The predicted octanol–water partition coefficient (Wildman–Crippen LogP) is 1.88. The number of hydrogen-bond acceptors (Lipinski definition) is 5. The summed E-state index contributed by atoms with van der Waals surface area (Å²) in [6, 6.07) is 8.24. The summed E-state index contributed by atoms with van der Waals surface area (Å²) in [5.74, 6) is 5.68. The number of aryl methyl sites for hydroxylation is 1. The van der Waals surface area contributed by atoms with E-state index >= 15 is 0 Å². The van der Waals surface area contributed by atoms with Gasteiger partial charge in [0.1, 0.15) is 0 Å². The quantitative estimate of drug-likeness (QED) is 0.555. The smallest absolute Gasteiger partial charge is 0.0958 e. The number of rotatable bonds is 5. The molecule has 0 saturated carbocycles. The largest absolute Gasteiger partial charge is 0.329 e. The predicted molar refractivity (Wildman–Crippen MR) is 81.4 cm³/mol. The van der Waals surface area contributed by atoms with Crippen molar-refractivity contribution in [1.82, 2.24) is 20.0 Å². The van der Waals surface area contributed by atoms with Crippen LogP contribution in [0, 0.1) is 6.92 Å². The Bertz CT molecular complexity index is 702. The number of nitrogens with one attached hydrogen (secondary N) is 1. The molecule has 20 heavy (non-hydrogen) atoms. The van der Waals surface area contributed by atoms with Gasteiger partial charge in [0.05, 0.1) is 28.1 Å². The van der Waals surface area contributed by atoms with Crippen molar-refractivity contribution in [2.45, 2.75) is 25.9 Å². The van der Waals surface area contributed by atoms with Gasteiger partial charge in [0.2, 0.25) is 0 Å². The Morgan fingerprint density at radius 2 is 2.25 bits per heavy atom. The van der Waals surface area contributed by atoms with Crippen LogP contribution in [0.3, 0.4) is 0 Å². The van der Waals surface area contributed by atoms with Crippen molar-refractivity contribution < 1.29 is 0 Å². The molecule has 0 aliphatic heterocycles. The van der Waals surface area contributed by atoms with Crippen LogP contribution in [0.2, 0.25) is 0 Å². The lowest BCUT2D eigenvalue weighted by Crippen LogP contribution is -2.40. The molecule has 3 N–H and O–H groups in total. The Labute approximate surface area is 121 Å². The van der Waals surface area contributed by atoms with Crippen molar-refractivity contribution in [2.75, 3.05) is 0 Å². The van der Waals surface area contributed by atoms with Crippen LogP contribution in [-0.2, 0) is 13.0 Å². The molecule has 1 aromatic carbocycles. The molecule has 3 rings (SSSR count). The van der Waals surface area contributed by atoms with E-state index < -0.39 is 0 Å². The highest BCUT2D eigenvalue weighted by Crippen LogP contribution is 2.14. The molecule has 2 heterocycles. The molecular weight excluding hydrogens is 270 g/mol. The summed E-state index contributed by atoms with van der Waals surface area (Å²) >= 11 is 1.67. The first-order valence-corrected chi connectivity index (χ1v) is 7.41. The fourth-order valence-corrected chi connectivity index (χ4v) is 2.95. The van der Waals surface area contributed by atoms with Crippen LogP contribution >= 0.6 is 11.3 Å². The third kappa shape index (κ3) is 2.72. The van der Waals surface area contributed by atoms with Gasteiger partial charge in [0.15, 0.2) is 0 Å². The highest BCUT2D eigenvalue weighted by molar-refractivity contribution is 7.09. The third-order valence-corrected chi connectivity index (χ3v) is 4.12. The van der Waals surface area contributed by atoms with Gasteiger partial charge in [-0.3, -0.25) is 11.3 Å². The second kappa shape index (κ2) is 5.70. The molecule has 6 heteroatoms. The number of para-hydroxylation sites is 2. The van der Waals surface area contributed by atoms with Gasteiger partial charge in [0, 0.05) is 24.4 Å². The zero-order valence-corrected chi connectivity index (χ0v) is 12.1. The van der Waals surface area contributed by atoms with Crippen LogP contribution < -0.4 is 11.3 Å². The summed E-state index contributed by atoms with van der Waals surface area (Å²) in [7, 11) is 0. The Balaban J connectivity index is 1.77. The van der Waals surface area contributed by atoms with Crippen molar-refractivity contribution in [3.8, 4) is 0 Å². The van der Waals surface area contributed by atoms with E-state index in [0.717, 1.165) is 34.7 Å². The molecular formula is C14H17N5S. The van der Waals surface area contributed by atoms with Gasteiger partial charge in [0.25, 0.3) is 0 Å². The van der Waals surface area contributed by atoms with E-state index in [1.807, 2.05) is 31.5 Å². The normalized spacial score (nSPS) is 12.9. The summed E-state index contributed by atoms with van der Waals surface area (Å²) < 4.78 is 2.12. The van der Waals surface area contributed by atoms with Crippen LogP contribution in [0.25, 0.3) is 11.0 Å². The van der Waals surface area contributed by atoms with E-state index in [1.54, 1.807) is 11.3 Å². The van der Waals surface area contributed by atoms with E-state index in [1.165, 1.54) is 0 Å². The lowest BCUT2D eigenvalue weighted by molar-refractivity contribution is 0.457. The van der Waals surface area contributed by atoms with Crippen molar-refractivity contribution in [3.05, 3.63) is 46.7 Å². The van der Waals surface area contributed by atoms with E-state index in [2.05, 4.69) is 31.4 Å². The number of nitrogens with two attached hydrogens (primary N) is 1. The maximum absolute atomic E-state index is 5.68.